The van der Waals surface area contributed by atoms with Gasteiger partial charge in [0.2, 0.25) is 0 Å². The van der Waals surface area contributed by atoms with Gasteiger partial charge in [-0.2, -0.15) is 13.2 Å². The van der Waals surface area contributed by atoms with Crippen LogP contribution in [-0.4, -0.2) is 29.5 Å². The second-order valence-electron chi connectivity index (χ2n) is 8.46. The SMILES string of the molecule is CC(C)c1ccc(S(=O)(=O)C(c2ccc(C(=O)O)cc2)c2cc3cc(C(F)(F)F)cnc3[nH]2)cc1. The lowest BCUT2D eigenvalue weighted by Gasteiger charge is -2.18. The molecule has 2 aromatic heterocycles. The second-order valence-corrected chi connectivity index (χ2v) is 10.5. The van der Waals surface area contributed by atoms with Crippen molar-refractivity contribution in [2.24, 2.45) is 0 Å². The smallest absolute Gasteiger partial charge is 0.417 e. The van der Waals surface area contributed by atoms with Crippen LogP contribution in [0.4, 0.5) is 13.2 Å². The molecule has 0 bridgehead atoms. The van der Waals surface area contributed by atoms with Crippen LogP contribution in [-0.2, 0) is 16.0 Å². The summed E-state index contributed by atoms with van der Waals surface area (Å²) in [5.74, 6) is -0.983. The van der Waals surface area contributed by atoms with Gasteiger partial charge in [0.1, 0.15) is 10.9 Å². The van der Waals surface area contributed by atoms with Crippen LogP contribution in [0, 0.1) is 0 Å². The number of aromatic amines is 1. The number of rotatable bonds is 6. The highest BCUT2D eigenvalue weighted by molar-refractivity contribution is 7.91. The van der Waals surface area contributed by atoms with Crippen molar-refractivity contribution in [3.8, 4) is 0 Å². The number of pyridine rings is 1. The molecule has 2 heterocycles. The molecule has 0 spiro atoms. The number of fused-ring (bicyclic) bond motifs is 1. The average Bonchev–Trinajstić information content (AvgIpc) is 3.21. The fourth-order valence-electron chi connectivity index (χ4n) is 3.84. The van der Waals surface area contributed by atoms with Crippen molar-refractivity contribution >= 4 is 26.8 Å². The molecule has 0 saturated carbocycles. The van der Waals surface area contributed by atoms with Gasteiger partial charge in [0, 0.05) is 17.3 Å². The number of halogens is 3. The third-order valence-electron chi connectivity index (χ3n) is 5.75. The van der Waals surface area contributed by atoms with Crippen molar-refractivity contribution in [2.45, 2.75) is 36.1 Å². The highest BCUT2D eigenvalue weighted by Gasteiger charge is 2.34. The Morgan fingerprint density at radius 1 is 0.971 bits per heavy atom. The predicted molar refractivity (Wildman–Crippen MR) is 124 cm³/mol. The number of alkyl halides is 3. The van der Waals surface area contributed by atoms with Crippen molar-refractivity contribution in [3.63, 3.8) is 0 Å². The van der Waals surface area contributed by atoms with E-state index in [9.17, 15) is 31.5 Å². The van der Waals surface area contributed by atoms with E-state index in [4.69, 9.17) is 0 Å². The van der Waals surface area contributed by atoms with Gasteiger partial charge in [0.15, 0.2) is 9.84 Å². The molecule has 0 aliphatic heterocycles. The minimum absolute atomic E-state index is 0.0248. The maximum Gasteiger partial charge on any atom is 0.417 e. The maximum atomic E-state index is 13.8. The van der Waals surface area contributed by atoms with Crippen LogP contribution < -0.4 is 0 Å². The van der Waals surface area contributed by atoms with Crippen molar-refractivity contribution in [2.75, 3.05) is 0 Å². The van der Waals surface area contributed by atoms with Gasteiger partial charge in [-0.1, -0.05) is 38.1 Å². The van der Waals surface area contributed by atoms with E-state index in [-0.39, 0.29) is 38.7 Å². The van der Waals surface area contributed by atoms with Gasteiger partial charge >= 0.3 is 12.1 Å². The van der Waals surface area contributed by atoms with E-state index < -0.39 is 32.8 Å². The van der Waals surface area contributed by atoms with Gasteiger partial charge in [-0.25, -0.2) is 18.2 Å². The normalized spacial score (nSPS) is 13.3. The topological polar surface area (TPSA) is 100 Å². The molecule has 0 saturated heterocycles. The van der Waals surface area contributed by atoms with Crippen LogP contribution in [0.1, 0.15) is 57.8 Å². The van der Waals surface area contributed by atoms with Gasteiger partial charge in [-0.15, -0.1) is 0 Å². The molecule has 0 fully saturated rings. The van der Waals surface area contributed by atoms with E-state index in [1.807, 2.05) is 13.8 Å². The molecule has 1 atom stereocenters. The van der Waals surface area contributed by atoms with Crippen molar-refractivity contribution in [3.05, 3.63) is 94.8 Å². The van der Waals surface area contributed by atoms with E-state index in [0.29, 0.717) is 6.20 Å². The molecule has 0 aliphatic rings. The third kappa shape index (κ3) is 4.79. The van der Waals surface area contributed by atoms with E-state index in [1.54, 1.807) is 12.1 Å². The Hall–Kier alpha value is -3.66. The Kier molecular flexibility index (Phi) is 6.18. The molecule has 0 amide bonds. The zero-order valence-electron chi connectivity index (χ0n) is 18.7. The first-order valence-electron chi connectivity index (χ1n) is 10.6. The molecule has 1 unspecified atom stereocenters. The number of carbonyl (C=O) groups is 1. The zero-order valence-corrected chi connectivity index (χ0v) is 19.5. The number of nitrogens with zero attached hydrogens (tertiary/aromatic N) is 1. The summed E-state index contributed by atoms with van der Waals surface area (Å²) >= 11 is 0. The Morgan fingerprint density at radius 3 is 2.11 bits per heavy atom. The molecule has 4 aromatic rings. The summed E-state index contributed by atoms with van der Waals surface area (Å²) in [6.07, 6.45) is -3.92. The molecule has 35 heavy (non-hydrogen) atoms. The lowest BCUT2D eigenvalue weighted by Crippen LogP contribution is -2.16. The summed E-state index contributed by atoms with van der Waals surface area (Å²) in [4.78, 5) is 17.9. The molecule has 4 rings (SSSR count). The number of hydrogen-bond donors (Lipinski definition) is 2. The van der Waals surface area contributed by atoms with Crippen molar-refractivity contribution in [1.29, 1.82) is 0 Å². The highest BCUT2D eigenvalue weighted by atomic mass is 32.2. The minimum atomic E-state index is -4.60. The molecule has 2 aromatic carbocycles. The maximum absolute atomic E-state index is 13.8. The van der Waals surface area contributed by atoms with Crippen LogP contribution in [0.15, 0.2) is 71.8 Å². The number of aromatic carboxylic acids is 1. The van der Waals surface area contributed by atoms with Crippen LogP contribution in [0.3, 0.4) is 0 Å². The largest absolute Gasteiger partial charge is 0.478 e. The third-order valence-corrected chi connectivity index (χ3v) is 7.82. The molecular formula is C25H21F3N2O4S. The fourth-order valence-corrected chi connectivity index (χ4v) is 5.60. The van der Waals surface area contributed by atoms with Crippen molar-refractivity contribution in [1.82, 2.24) is 9.97 Å². The van der Waals surface area contributed by atoms with Gasteiger partial charge in [-0.05, 0) is 53.4 Å². The van der Waals surface area contributed by atoms with Gasteiger partial charge in [-0.3, -0.25) is 0 Å². The van der Waals surface area contributed by atoms with Crippen LogP contribution in [0.25, 0.3) is 11.0 Å². The molecular weight excluding hydrogens is 481 g/mol. The number of carboxylic acids is 1. The Balaban J connectivity index is 1.88. The lowest BCUT2D eigenvalue weighted by molar-refractivity contribution is -0.137. The fraction of sp³-hybridized carbons (Fsp3) is 0.200. The molecule has 0 aliphatic carbocycles. The number of aromatic nitrogens is 2. The minimum Gasteiger partial charge on any atom is -0.478 e. The van der Waals surface area contributed by atoms with E-state index in [1.165, 1.54) is 42.5 Å². The second kappa shape index (κ2) is 8.84. The number of carboxylic acid groups (broad SMARTS) is 1. The monoisotopic (exact) mass is 502 g/mol. The van der Waals surface area contributed by atoms with Crippen LogP contribution in [0.2, 0.25) is 0 Å². The average molecular weight is 503 g/mol. The Morgan fingerprint density at radius 2 is 1.57 bits per heavy atom. The van der Waals surface area contributed by atoms with Crippen molar-refractivity contribution < 1.29 is 31.5 Å². The highest BCUT2D eigenvalue weighted by Crippen LogP contribution is 2.37. The number of benzene rings is 2. The van der Waals surface area contributed by atoms with Crippen LogP contribution in [0.5, 0.6) is 0 Å². The quantitative estimate of drug-likeness (QED) is 0.339. The molecule has 0 radical (unpaired) electrons. The lowest BCUT2D eigenvalue weighted by atomic mass is 10.0. The summed E-state index contributed by atoms with van der Waals surface area (Å²) in [5.41, 5.74) is 0.434. The standard InChI is InChI=1S/C25H21F3N2O4S/c1-14(2)15-7-9-20(10-8-15)35(33,34)22(16-3-5-17(6-4-16)24(31)32)21-12-18-11-19(25(26,27)28)13-29-23(18)30-21/h3-14,22H,1-2H3,(H,29,30)(H,31,32). The summed E-state index contributed by atoms with van der Waals surface area (Å²) in [5, 5.41) is 7.97. The first-order chi connectivity index (χ1) is 16.4. The first kappa shape index (κ1) is 24.5. The Labute approximate surface area is 199 Å². The number of hydrogen-bond acceptors (Lipinski definition) is 4. The molecule has 2 N–H and O–H groups in total. The first-order valence-corrected chi connectivity index (χ1v) is 12.2. The van der Waals surface area contributed by atoms with Gasteiger partial charge < -0.3 is 10.1 Å². The molecule has 10 heteroatoms. The summed E-state index contributed by atoms with van der Waals surface area (Å²) in [6, 6.07) is 14.0. The summed E-state index contributed by atoms with van der Waals surface area (Å²) in [6.45, 7) is 3.95. The van der Waals surface area contributed by atoms with E-state index in [0.717, 1.165) is 11.6 Å². The zero-order chi connectivity index (χ0) is 25.5. The van der Waals surface area contributed by atoms with E-state index >= 15 is 0 Å². The molecule has 6 nitrogen and oxygen atoms in total. The van der Waals surface area contributed by atoms with E-state index in [2.05, 4.69) is 9.97 Å². The number of nitrogens with one attached hydrogen (secondary N) is 1. The number of H-pyrrole nitrogens is 1. The summed E-state index contributed by atoms with van der Waals surface area (Å²) < 4.78 is 67.1. The predicted octanol–water partition coefficient (Wildman–Crippen LogP) is 5.97. The van der Waals surface area contributed by atoms with Crippen LogP contribution >= 0.6 is 0 Å². The van der Waals surface area contributed by atoms with Gasteiger partial charge in [0.05, 0.1) is 16.0 Å². The van der Waals surface area contributed by atoms with Gasteiger partial charge in [0.25, 0.3) is 0 Å². The number of sulfone groups is 1. The Bertz CT molecular complexity index is 1490. The molecule has 182 valence electrons. The summed E-state index contributed by atoms with van der Waals surface area (Å²) in [7, 11) is -4.10.